The summed E-state index contributed by atoms with van der Waals surface area (Å²) in [7, 11) is 0. The van der Waals surface area contributed by atoms with Crippen molar-refractivity contribution in [2.24, 2.45) is 4.99 Å². The largest absolute Gasteiger partial charge is 0.486 e. The Morgan fingerprint density at radius 3 is 2.38 bits per heavy atom. The molecule has 0 aliphatic carbocycles. The third kappa shape index (κ3) is 3.87. The number of hydrogen-bond donors (Lipinski definition) is 1. The molecular formula is C26H24N4O4. The molecule has 0 saturated carbocycles. The van der Waals surface area contributed by atoms with Gasteiger partial charge in [-0.25, -0.2) is 9.79 Å². The van der Waals surface area contributed by atoms with Gasteiger partial charge < -0.3 is 29.3 Å². The molecule has 0 radical (unpaired) electrons. The Hall–Kier alpha value is -4.20. The molecule has 1 saturated heterocycles. The number of rotatable bonds is 1. The van der Waals surface area contributed by atoms with E-state index >= 15 is 0 Å². The molecule has 3 aromatic rings. The molecule has 8 nitrogen and oxygen atoms in total. The molecule has 0 aromatic heterocycles. The van der Waals surface area contributed by atoms with Crippen molar-refractivity contribution in [2.75, 3.05) is 44.7 Å². The molecule has 6 rings (SSSR count). The molecule has 1 N–H and O–H groups in total. The van der Waals surface area contributed by atoms with Crippen molar-refractivity contribution in [1.29, 1.82) is 0 Å². The predicted octanol–water partition coefficient (Wildman–Crippen LogP) is 4.49. The minimum absolute atomic E-state index is 0.131. The van der Waals surface area contributed by atoms with E-state index in [4.69, 9.17) is 19.2 Å². The number of benzene rings is 3. The highest BCUT2D eigenvalue weighted by molar-refractivity contribution is 6.04. The lowest BCUT2D eigenvalue weighted by molar-refractivity contribution is 0.171. The lowest BCUT2D eigenvalue weighted by Gasteiger charge is -2.36. The van der Waals surface area contributed by atoms with Crippen LogP contribution in [0.5, 0.6) is 23.0 Å². The van der Waals surface area contributed by atoms with E-state index in [1.807, 2.05) is 65.6 Å². The molecule has 0 unspecified atom stereocenters. The maximum atomic E-state index is 12.9. The molecule has 0 bridgehead atoms. The van der Waals surface area contributed by atoms with Crippen LogP contribution in [0.2, 0.25) is 0 Å². The summed E-state index contributed by atoms with van der Waals surface area (Å²) in [6.45, 7) is 3.55. The van der Waals surface area contributed by atoms with Gasteiger partial charge in [-0.15, -0.1) is 0 Å². The lowest BCUT2D eigenvalue weighted by Crippen LogP contribution is -2.51. The predicted molar refractivity (Wildman–Crippen MR) is 129 cm³/mol. The Morgan fingerprint density at radius 1 is 0.794 bits per heavy atom. The first-order valence-electron chi connectivity index (χ1n) is 11.4. The van der Waals surface area contributed by atoms with E-state index in [0.29, 0.717) is 56.6 Å². The topological polar surface area (TPSA) is 75.6 Å². The summed E-state index contributed by atoms with van der Waals surface area (Å²) in [4.78, 5) is 21.9. The van der Waals surface area contributed by atoms with Crippen molar-refractivity contribution < 1.29 is 19.0 Å². The number of anilines is 1. The normalized spacial score (nSPS) is 16.4. The molecule has 0 atom stereocenters. The number of amides is 2. The van der Waals surface area contributed by atoms with Crippen molar-refractivity contribution in [3.63, 3.8) is 0 Å². The van der Waals surface area contributed by atoms with E-state index in [-0.39, 0.29) is 6.03 Å². The number of carbonyl (C=O) groups is 1. The SMILES string of the molecule is O=C(Nc1ccc2c(c1)OCCO2)N1CCN(C2=Nc3ccccc3Oc3ccccc32)CC1. The summed E-state index contributed by atoms with van der Waals surface area (Å²) in [5.41, 5.74) is 2.44. The first-order chi connectivity index (χ1) is 16.7. The van der Waals surface area contributed by atoms with Crippen LogP contribution >= 0.6 is 0 Å². The number of ether oxygens (including phenoxy) is 3. The van der Waals surface area contributed by atoms with E-state index in [1.165, 1.54) is 0 Å². The minimum atomic E-state index is -0.131. The van der Waals surface area contributed by atoms with Crippen molar-refractivity contribution >= 4 is 23.2 Å². The molecule has 2 amide bonds. The zero-order chi connectivity index (χ0) is 22.9. The molecule has 8 heteroatoms. The quantitative estimate of drug-likeness (QED) is 0.584. The van der Waals surface area contributed by atoms with Crippen LogP contribution in [0.4, 0.5) is 16.2 Å². The van der Waals surface area contributed by atoms with E-state index < -0.39 is 0 Å². The number of urea groups is 1. The lowest BCUT2D eigenvalue weighted by atomic mass is 10.1. The number of amidine groups is 1. The fourth-order valence-corrected chi connectivity index (χ4v) is 4.36. The Balaban J connectivity index is 1.17. The van der Waals surface area contributed by atoms with E-state index in [1.54, 1.807) is 6.07 Å². The Morgan fingerprint density at radius 2 is 1.53 bits per heavy atom. The van der Waals surface area contributed by atoms with Gasteiger partial charge in [-0.1, -0.05) is 24.3 Å². The van der Waals surface area contributed by atoms with Crippen LogP contribution in [0.1, 0.15) is 5.56 Å². The van der Waals surface area contributed by atoms with Crippen molar-refractivity contribution in [3.8, 4) is 23.0 Å². The molecule has 172 valence electrons. The number of nitrogens with one attached hydrogen (secondary N) is 1. The summed E-state index contributed by atoms with van der Waals surface area (Å²) in [5, 5.41) is 2.98. The smallest absolute Gasteiger partial charge is 0.321 e. The summed E-state index contributed by atoms with van der Waals surface area (Å²) in [6, 6.07) is 21.1. The second-order valence-electron chi connectivity index (χ2n) is 8.26. The van der Waals surface area contributed by atoms with Gasteiger partial charge in [0.1, 0.15) is 30.5 Å². The van der Waals surface area contributed by atoms with Crippen LogP contribution in [0.25, 0.3) is 0 Å². The second kappa shape index (κ2) is 8.62. The number of nitrogens with zero attached hydrogens (tertiary/aromatic N) is 3. The number of aliphatic imine (C=N–C) groups is 1. The molecule has 3 heterocycles. The number of piperazine rings is 1. The highest BCUT2D eigenvalue weighted by Gasteiger charge is 2.27. The minimum Gasteiger partial charge on any atom is -0.486 e. The van der Waals surface area contributed by atoms with Crippen molar-refractivity contribution in [3.05, 3.63) is 72.3 Å². The molecule has 1 fully saturated rings. The van der Waals surface area contributed by atoms with Gasteiger partial charge in [0.05, 0.1) is 5.56 Å². The summed E-state index contributed by atoms with van der Waals surface area (Å²) in [6.07, 6.45) is 0. The number of para-hydroxylation sites is 3. The van der Waals surface area contributed by atoms with E-state index in [0.717, 1.165) is 28.6 Å². The zero-order valence-corrected chi connectivity index (χ0v) is 18.6. The van der Waals surface area contributed by atoms with Gasteiger partial charge >= 0.3 is 6.03 Å². The Kier molecular flexibility index (Phi) is 5.18. The second-order valence-corrected chi connectivity index (χ2v) is 8.26. The van der Waals surface area contributed by atoms with Crippen LogP contribution in [0.15, 0.2) is 71.7 Å². The summed E-state index contributed by atoms with van der Waals surface area (Å²) in [5.74, 6) is 3.74. The van der Waals surface area contributed by atoms with Gasteiger partial charge in [0, 0.05) is 37.9 Å². The number of fused-ring (bicyclic) bond motifs is 3. The Bertz CT molecular complexity index is 1270. The number of carbonyl (C=O) groups excluding carboxylic acids is 1. The maximum absolute atomic E-state index is 12.9. The summed E-state index contributed by atoms with van der Waals surface area (Å²) < 4.78 is 17.3. The first-order valence-corrected chi connectivity index (χ1v) is 11.4. The molecule has 34 heavy (non-hydrogen) atoms. The van der Waals surface area contributed by atoms with Crippen LogP contribution in [0, 0.1) is 0 Å². The molecule has 3 aromatic carbocycles. The fourth-order valence-electron chi connectivity index (χ4n) is 4.36. The van der Waals surface area contributed by atoms with Gasteiger partial charge in [0.2, 0.25) is 0 Å². The average molecular weight is 457 g/mol. The van der Waals surface area contributed by atoms with Gasteiger partial charge in [-0.05, 0) is 36.4 Å². The molecule has 3 aliphatic heterocycles. The number of hydrogen-bond acceptors (Lipinski definition) is 6. The van der Waals surface area contributed by atoms with Crippen LogP contribution < -0.4 is 19.5 Å². The molecular weight excluding hydrogens is 432 g/mol. The highest BCUT2D eigenvalue weighted by Crippen LogP contribution is 2.38. The zero-order valence-electron chi connectivity index (χ0n) is 18.6. The van der Waals surface area contributed by atoms with Gasteiger partial charge in [0.25, 0.3) is 0 Å². The van der Waals surface area contributed by atoms with Crippen LogP contribution in [0.3, 0.4) is 0 Å². The standard InChI is InChI=1S/C26H24N4O4/c31-26(27-18-9-10-23-24(17-18)33-16-15-32-23)30-13-11-29(12-14-30)25-19-5-1-3-7-21(19)34-22-8-4-2-6-20(22)28-25/h1-10,17H,11-16H2,(H,27,31). The van der Waals surface area contributed by atoms with Gasteiger partial charge in [-0.2, -0.15) is 0 Å². The van der Waals surface area contributed by atoms with Crippen LogP contribution in [-0.4, -0.2) is 61.1 Å². The monoisotopic (exact) mass is 456 g/mol. The highest BCUT2D eigenvalue weighted by atomic mass is 16.6. The third-order valence-electron chi connectivity index (χ3n) is 6.10. The first kappa shape index (κ1) is 20.4. The molecule has 0 spiro atoms. The van der Waals surface area contributed by atoms with E-state index in [9.17, 15) is 4.79 Å². The third-order valence-corrected chi connectivity index (χ3v) is 6.10. The molecule has 3 aliphatic rings. The van der Waals surface area contributed by atoms with Crippen molar-refractivity contribution in [1.82, 2.24) is 9.80 Å². The van der Waals surface area contributed by atoms with Crippen LogP contribution in [-0.2, 0) is 0 Å². The maximum Gasteiger partial charge on any atom is 0.321 e. The Labute approximate surface area is 197 Å². The summed E-state index contributed by atoms with van der Waals surface area (Å²) >= 11 is 0. The fraction of sp³-hybridized carbons (Fsp3) is 0.231. The van der Waals surface area contributed by atoms with Gasteiger partial charge in [0.15, 0.2) is 17.2 Å². The van der Waals surface area contributed by atoms with E-state index in [2.05, 4.69) is 10.2 Å². The average Bonchev–Trinajstić information content (AvgIpc) is 3.05. The van der Waals surface area contributed by atoms with Crippen molar-refractivity contribution in [2.45, 2.75) is 0 Å². The van der Waals surface area contributed by atoms with Gasteiger partial charge in [-0.3, -0.25) is 0 Å².